The van der Waals surface area contributed by atoms with Crippen LogP contribution >= 0.6 is 0 Å². The average Bonchev–Trinajstić information content (AvgIpc) is 2.69. The van der Waals surface area contributed by atoms with Gasteiger partial charge >= 0.3 is 5.97 Å². The first-order valence-corrected chi connectivity index (χ1v) is 4.86. The lowest BCUT2D eigenvalue weighted by Gasteiger charge is -2.06. The normalized spacial score (nSPS) is 9.89. The number of amides is 2. The van der Waals surface area contributed by atoms with E-state index in [0.29, 0.717) is 0 Å². The lowest BCUT2D eigenvalue weighted by Crippen LogP contribution is -2.42. The van der Waals surface area contributed by atoms with Crippen LogP contribution in [0.3, 0.4) is 0 Å². The molecule has 10 heteroatoms. The summed E-state index contributed by atoms with van der Waals surface area (Å²) >= 11 is 0. The van der Waals surface area contributed by atoms with Crippen molar-refractivity contribution >= 4 is 17.8 Å². The van der Waals surface area contributed by atoms with Crippen molar-refractivity contribution < 1.29 is 19.5 Å². The molecule has 18 heavy (non-hydrogen) atoms. The number of carbonyl (C=O) groups is 3. The first-order chi connectivity index (χ1) is 8.45. The predicted octanol–water partition coefficient (Wildman–Crippen LogP) is -2.40. The highest BCUT2D eigenvalue weighted by molar-refractivity contribution is 5.86. The SMILES string of the molecule is CC(=O)NNC(=O)Cn1nnc(C(=O)O)c1CN. The Morgan fingerprint density at radius 3 is 2.56 bits per heavy atom. The third kappa shape index (κ3) is 3.25. The molecule has 1 aromatic heterocycles. The van der Waals surface area contributed by atoms with Crippen molar-refractivity contribution in [2.24, 2.45) is 5.73 Å². The standard InChI is InChI=1S/C8H12N6O4/c1-4(15)10-11-6(16)3-14-5(2-9)7(8(17)18)12-13-14/h2-3,9H2,1H3,(H,10,15)(H,11,16)(H,17,18). The Balaban J connectivity index is 2.75. The number of hydrazine groups is 1. The maximum atomic E-state index is 11.4. The molecule has 0 saturated carbocycles. The summed E-state index contributed by atoms with van der Waals surface area (Å²) in [7, 11) is 0. The zero-order valence-electron chi connectivity index (χ0n) is 9.51. The van der Waals surface area contributed by atoms with Crippen LogP contribution in [0.1, 0.15) is 23.1 Å². The molecule has 1 heterocycles. The number of aromatic carboxylic acids is 1. The Morgan fingerprint density at radius 2 is 2.06 bits per heavy atom. The van der Waals surface area contributed by atoms with Crippen molar-refractivity contribution in [2.75, 3.05) is 0 Å². The second-order valence-corrected chi connectivity index (χ2v) is 3.28. The van der Waals surface area contributed by atoms with E-state index in [0.717, 1.165) is 4.68 Å². The summed E-state index contributed by atoms with van der Waals surface area (Å²) in [6.45, 7) is 0.804. The summed E-state index contributed by atoms with van der Waals surface area (Å²) in [6, 6.07) is 0. The number of rotatable bonds is 4. The molecule has 0 bridgehead atoms. The highest BCUT2D eigenvalue weighted by Gasteiger charge is 2.18. The van der Waals surface area contributed by atoms with E-state index < -0.39 is 17.8 Å². The maximum absolute atomic E-state index is 11.4. The molecule has 1 rings (SSSR count). The fourth-order valence-electron chi connectivity index (χ4n) is 1.16. The minimum atomic E-state index is -1.27. The molecule has 0 aliphatic rings. The zero-order valence-corrected chi connectivity index (χ0v) is 9.51. The van der Waals surface area contributed by atoms with Gasteiger partial charge in [0.05, 0.1) is 5.69 Å². The van der Waals surface area contributed by atoms with Gasteiger partial charge in [-0.3, -0.25) is 20.4 Å². The molecule has 0 saturated heterocycles. The number of nitrogens with zero attached hydrogens (tertiary/aromatic N) is 3. The molecule has 98 valence electrons. The third-order valence-corrected chi connectivity index (χ3v) is 1.90. The summed E-state index contributed by atoms with van der Waals surface area (Å²) in [4.78, 5) is 32.7. The molecule has 0 aromatic carbocycles. The molecule has 5 N–H and O–H groups in total. The molecule has 0 aliphatic heterocycles. The molecule has 0 spiro atoms. The molecule has 2 amide bonds. The lowest BCUT2D eigenvalue weighted by atomic mass is 10.3. The van der Waals surface area contributed by atoms with E-state index in [9.17, 15) is 14.4 Å². The summed E-state index contributed by atoms with van der Waals surface area (Å²) in [5.41, 5.74) is 9.38. The van der Waals surface area contributed by atoms with E-state index in [2.05, 4.69) is 21.2 Å². The van der Waals surface area contributed by atoms with Crippen molar-refractivity contribution in [3.05, 3.63) is 11.4 Å². The predicted molar refractivity (Wildman–Crippen MR) is 56.8 cm³/mol. The number of carboxylic acid groups (broad SMARTS) is 1. The van der Waals surface area contributed by atoms with Crippen LogP contribution in [0.25, 0.3) is 0 Å². The van der Waals surface area contributed by atoms with E-state index in [1.165, 1.54) is 6.92 Å². The van der Waals surface area contributed by atoms with Crippen LogP contribution in [0, 0.1) is 0 Å². The molecule has 0 fully saturated rings. The summed E-state index contributed by atoms with van der Waals surface area (Å²) in [5.74, 6) is -2.29. The smallest absolute Gasteiger partial charge is 0.358 e. The Morgan fingerprint density at radius 1 is 1.39 bits per heavy atom. The van der Waals surface area contributed by atoms with Gasteiger partial charge < -0.3 is 10.8 Å². The fraction of sp³-hybridized carbons (Fsp3) is 0.375. The van der Waals surface area contributed by atoms with Crippen molar-refractivity contribution in [3.8, 4) is 0 Å². The lowest BCUT2D eigenvalue weighted by molar-refractivity contribution is -0.128. The van der Waals surface area contributed by atoms with E-state index in [1.807, 2.05) is 0 Å². The van der Waals surface area contributed by atoms with Gasteiger partial charge in [0, 0.05) is 13.5 Å². The quantitative estimate of drug-likeness (QED) is 0.438. The highest BCUT2D eigenvalue weighted by Crippen LogP contribution is 2.04. The Bertz CT molecular complexity index is 482. The monoisotopic (exact) mass is 256 g/mol. The van der Waals surface area contributed by atoms with Gasteiger partial charge in [-0.25, -0.2) is 9.48 Å². The third-order valence-electron chi connectivity index (χ3n) is 1.90. The van der Waals surface area contributed by atoms with Gasteiger partial charge in [-0.2, -0.15) is 0 Å². The number of aromatic nitrogens is 3. The van der Waals surface area contributed by atoms with Crippen molar-refractivity contribution in [1.82, 2.24) is 25.8 Å². The highest BCUT2D eigenvalue weighted by atomic mass is 16.4. The summed E-state index contributed by atoms with van der Waals surface area (Å²) in [6.07, 6.45) is 0. The van der Waals surface area contributed by atoms with Crippen LogP contribution < -0.4 is 16.6 Å². The van der Waals surface area contributed by atoms with Crippen LogP contribution in [0.2, 0.25) is 0 Å². The van der Waals surface area contributed by atoms with Crippen LogP contribution in [0.4, 0.5) is 0 Å². The Hall–Kier alpha value is -2.49. The molecular weight excluding hydrogens is 244 g/mol. The van der Waals surface area contributed by atoms with Crippen LogP contribution in [-0.2, 0) is 22.7 Å². The molecule has 0 radical (unpaired) electrons. The number of carbonyl (C=O) groups excluding carboxylic acids is 2. The maximum Gasteiger partial charge on any atom is 0.358 e. The van der Waals surface area contributed by atoms with Gasteiger partial charge in [0.1, 0.15) is 6.54 Å². The number of hydrogen-bond acceptors (Lipinski definition) is 6. The van der Waals surface area contributed by atoms with Crippen LogP contribution in [-0.4, -0.2) is 37.9 Å². The number of hydrogen-bond donors (Lipinski definition) is 4. The van der Waals surface area contributed by atoms with E-state index in [4.69, 9.17) is 10.8 Å². The molecular formula is C8H12N6O4. The van der Waals surface area contributed by atoms with Crippen molar-refractivity contribution in [1.29, 1.82) is 0 Å². The van der Waals surface area contributed by atoms with Gasteiger partial charge in [-0.1, -0.05) is 5.21 Å². The van der Waals surface area contributed by atoms with Gasteiger partial charge in [0.2, 0.25) is 5.91 Å². The molecule has 0 aliphatic carbocycles. The first-order valence-electron chi connectivity index (χ1n) is 4.86. The van der Waals surface area contributed by atoms with Crippen molar-refractivity contribution in [2.45, 2.75) is 20.0 Å². The van der Waals surface area contributed by atoms with Gasteiger partial charge in [-0.15, -0.1) is 5.10 Å². The Kier molecular flexibility index (Phi) is 4.32. The van der Waals surface area contributed by atoms with E-state index >= 15 is 0 Å². The molecule has 1 aromatic rings. The molecule has 0 unspecified atom stereocenters. The second kappa shape index (κ2) is 5.72. The Labute approximate surface area is 101 Å². The fourth-order valence-corrected chi connectivity index (χ4v) is 1.16. The number of carboxylic acids is 1. The van der Waals surface area contributed by atoms with Crippen molar-refractivity contribution in [3.63, 3.8) is 0 Å². The number of nitrogens with one attached hydrogen (secondary N) is 2. The summed E-state index contributed by atoms with van der Waals surface area (Å²) < 4.78 is 1.06. The molecule has 10 nitrogen and oxygen atoms in total. The van der Waals surface area contributed by atoms with Gasteiger partial charge in [0.25, 0.3) is 5.91 Å². The number of nitrogens with two attached hydrogens (primary N) is 1. The summed E-state index contributed by atoms with van der Waals surface area (Å²) in [5, 5.41) is 15.7. The van der Waals surface area contributed by atoms with E-state index in [-0.39, 0.29) is 24.5 Å². The zero-order chi connectivity index (χ0) is 13.7. The topological polar surface area (TPSA) is 152 Å². The second-order valence-electron chi connectivity index (χ2n) is 3.28. The van der Waals surface area contributed by atoms with Crippen LogP contribution in [0.5, 0.6) is 0 Å². The van der Waals surface area contributed by atoms with Gasteiger partial charge in [0.15, 0.2) is 5.69 Å². The van der Waals surface area contributed by atoms with Gasteiger partial charge in [-0.05, 0) is 0 Å². The average molecular weight is 256 g/mol. The minimum Gasteiger partial charge on any atom is -0.476 e. The molecule has 0 atom stereocenters. The van der Waals surface area contributed by atoms with E-state index in [1.54, 1.807) is 0 Å². The largest absolute Gasteiger partial charge is 0.476 e. The van der Waals surface area contributed by atoms with Crippen LogP contribution in [0.15, 0.2) is 0 Å². The minimum absolute atomic E-state index is 0.123. The first kappa shape index (κ1) is 13.6.